The monoisotopic (exact) mass is 275 g/mol. The van der Waals surface area contributed by atoms with Crippen LogP contribution in [0.15, 0.2) is 48.5 Å². The molecule has 0 spiro atoms. The molecule has 0 aliphatic carbocycles. The van der Waals surface area contributed by atoms with Crippen molar-refractivity contribution in [3.8, 4) is 5.75 Å². The highest BCUT2D eigenvalue weighted by atomic mass is 19.1. The molecule has 20 heavy (non-hydrogen) atoms. The second-order valence-corrected chi connectivity index (χ2v) is 4.30. The second kappa shape index (κ2) is 6.16. The molecular weight excluding hydrogens is 261 g/mol. The molecule has 0 aliphatic heterocycles. The Morgan fingerprint density at radius 3 is 2.55 bits per heavy atom. The molecule has 0 radical (unpaired) electrons. The Labute approximate surface area is 115 Å². The molecule has 0 saturated heterocycles. The van der Waals surface area contributed by atoms with Gasteiger partial charge in [-0.05, 0) is 35.4 Å². The Bertz CT molecular complexity index is 598. The van der Waals surface area contributed by atoms with Gasteiger partial charge in [-0.25, -0.2) is 4.39 Å². The summed E-state index contributed by atoms with van der Waals surface area (Å²) in [5, 5.41) is 8.79. The summed E-state index contributed by atoms with van der Waals surface area (Å²) in [4.78, 5) is 10.7. The first-order valence-electron chi connectivity index (χ1n) is 6.02. The van der Waals surface area contributed by atoms with Gasteiger partial charge in [-0.3, -0.25) is 4.79 Å². The first-order chi connectivity index (χ1) is 9.56. The Balaban J connectivity index is 1.99. The van der Waals surface area contributed by atoms with Gasteiger partial charge in [0.05, 0.1) is 0 Å². The van der Waals surface area contributed by atoms with Gasteiger partial charge in [-0.2, -0.15) is 0 Å². The van der Waals surface area contributed by atoms with Crippen LogP contribution in [0.2, 0.25) is 0 Å². The number of carbonyl (C=O) groups is 1. The van der Waals surface area contributed by atoms with Gasteiger partial charge in [0.1, 0.15) is 24.2 Å². The molecule has 4 nitrogen and oxygen atoms in total. The van der Waals surface area contributed by atoms with E-state index in [0.29, 0.717) is 11.3 Å². The zero-order valence-corrected chi connectivity index (χ0v) is 10.6. The van der Waals surface area contributed by atoms with Crippen molar-refractivity contribution in [2.75, 3.05) is 0 Å². The number of hydrogen-bond donors (Lipinski definition) is 2. The maximum absolute atomic E-state index is 13.0. The van der Waals surface area contributed by atoms with Gasteiger partial charge < -0.3 is 15.6 Å². The van der Waals surface area contributed by atoms with Crippen LogP contribution < -0.4 is 10.5 Å². The molecule has 0 bridgehead atoms. The van der Waals surface area contributed by atoms with Crippen molar-refractivity contribution in [3.63, 3.8) is 0 Å². The molecule has 5 heteroatoms. The lowest BCUT2D eigenvalue weighted by atomic mass is 10.1. The summed E-state index contributed by atoms with van der Waals surface area (Å²) >= 11 is 0. The van der Waals surface area contributed by atoms with E-state index in [1.807, 2.05) is 0 Å². The number of halogens is 1. The summed E-state index contributed by atoms with van der Waals surface area (Å²) in [7, 11) is 0. The Morgan fingerprint density at radius 1 is 1.25 bits per heavy atom. The smallest absolute Gasteiger partial charge is 0.325 e. The second-order valence-electron chi connectivity index (χ2n) is 4.30. The van der Waals surface area contributed by atoms with Crippen molar-refractivity contribution in [3.05, 3.63) is 65.5 Å². The fraction of sp³-hybridized carbons (Fsp3) is 0.133. The lowest BCUT2D eigenvalue weighted by Gasteiger charge is -2.09. The van der Waals surface area contributed by atoms with E-state index in [1.54, 1.807) is 36.4 Å². The fourth-order valence-corrected chi connectivity index (χ4v) is 1.71. The third-order valence-electron chi connectivity index (χ3n) is 2.80. The molecule has 0 unspecified atom stereocenters. The molecule has 0 aliphatic rings. The van der Waals surface area contributed by atoms with Crippen molar-refractivity contribution in [2.45, 2.75) is 12.6 Å². The summed E-state index contributed by atoms with van der Waals surface area (Å²) in [6, 6.07) is 11.6. The van der Waals surface area contributed by atoms with E-state index in [-0.39, 0.29) is 12.4 Å². The number of rotatable bonds is 5. The molecule has 1 atom stereocenters. The minimum absolute atomic E-state index is 0.238. The Hall–Kier alpha value is -2.40. The summed E-state index contributed by atoms with van der Waals surface area (Å²) in [5.74, 6) is -0.831. The lowest BCUT2D eigenvalue weighted by molar-refractivity contribution is -0.138. The third kappa shape index (κ3) is 3.55. The number of nitrogens with two attached hydrogens (primary N) is 1. The van der Waals surface area contributed by atoms with E-state index in [4.69, 9.17) is 15.6 Å². The maximum atomic E-state index is 13.0. The minimum Gasteiger partial charge on any atom is -0.489 e. The van der Waals surface area contributed by atoms with Gasteiger partial charge in [0, 0.05) is 0 Å². The summed E-state index contributed by atoms with van der Waals surface area (Å²) in [5.41, 5.74) is 6.70. The zero-order chi connectivity index (χ0) is 14.5. The maximum Gasteiger partial charge on any atom is 0.325 e. The number of carboxylic acids is 1. The number of benzene rings is 2. The van der Waals surface area contributed by atoms with Gasteiger partial charge in [0.15, 0.2) is 0 Å². The quantitative estimate of drug-likeness (QED) is 0.879. The molecule has 0 saturated carbocycles. The molecule has 0 aromatic heterocycles. The van der Waals surface area contributed by atoms with Gasteiger partial charge in [0.2, 0.25) is 0 Å². The highest BCUT2D eigenvalue weighted by molar-refractivity contribution is 5.75. The molecule has 2 rings (SSSR count). The van der Waals surface area contributed by atoms with Crippen molar-refractivity contribution >= 4 is 5.97 Å². The third-order valence-corrected chi connectivity index (χ3v) is 2.80. The molecule has 0 amide bonds. The summed E-state index contributed by atoms with van der Waals surface area (Å²) in [6.45, 7) is 0.238. The van der Waals surface area contributed by atoms with Gasteiger partial charge in [-0.15, -0.1) is 0 Å². The van der Waals surface area contributed by atoms with E-state index in [1.165, 1.54) is 12.1 Å². The summed E-state index contributed by atoms with van der Waals surface area (Å²) in [6.07, 6.45) is 0. The number of hydrogen-bond acceptors (Lipinski definition) is 3. The first-order valence-corrected chi connectivity index (χ1v) is 6.02. The van der Waals surface area contributed by atoms with E-state index < -0.39 is 12.0 Å². The van der Waals surface area contributed by atoms with Crippen molar-refractivity contribution in [1.82, 2.24) is 0 Å². The predicted octanol–water partition coefficient (Wildman–Crippen LogP) is 2.49. The number of aliphatic carboxylic acids is 1. The highest BCUT2D eigenvalue weighted by Crippen LogP contribution is 2.18. The molecule has 3 N–H and O–H groups in total. The van der Waals surface area contributed by atoms with Crippen LogP contribution in [0, 0.1) is 5.82 Å². The van der Waals surface area contributed by atoms with E-state index in [2.05, 4.69) is 0 Å². The summed E-state index contributed by atoms with van der Waals surface area (Å²) < 4.78 is 18.5. The van der Waals surface area contributed by atoms with Crippen LogP contribution in [0.1, 0.15) is 17.2 Å². The largest absolute Gasteiger partial charge is 0.489 e. The molecule has 0 fully saturated rings. The number of carboxylic acid groups (broad SMARTS) is 1. The van der Waals surface area contributed by atoms with Crippen LogP contribution in [0.5, 0.6) is 5.75 Å². The van der Waals surface area contributed by atoms with Crippen molar-refractivity contribution < 1.29 is 19.0 Å². The zero-order valence-electron chi connectivity index (χ0n) is 10.6. The molecular formula is C15H14FNO3. The average Bonchev–Trinajstić information content (AvgIpc) is 2.45. The van der Waals surface area contributed by atoms with Crippen molar-refractivity contribution in [1.29, 1.82) is 0 Å². The fourth-order valence-electron chi connectivity index (χ4n) is 1.71. The SMILES string of the molecule is N[C@H](C(=O)O)c1ccc(OCc2cccc(F)c2)cc1. The van der Waals surface area contributed by atoms with Gasteiger partial charge in [-0.1, -0.05) is 24.3 Å². The van der Waals surface area contributed by atoms with E-state index >= 15 is 0 Å². The first kappa shape index (κ1) is 14.0. The molecule has 2 aromatic rings. The number of ether oxygens (including phenoxy) is 1. The van der Waals surface area contributed by atoms with Crippen molar-refractivity contribution in [2.24, 2.45) is 5.73 Å². The molecule has 0 heterocycles. The average molecular weight is 275 g/mol. The van der Waals surface area contributed by atoms with E-state index in [0.717, 1.165) is 5.56 Å². The van der Waals surface area contributed by atoms with E-state index in [9.17, 15) is 9.18 Å². The van der Waals surface area contributed by atoms with Crippen LogP contribution in [-0.4, -0.2) is 11.1 Å². The molecule has 2 aromatic carbocycles. The topological polar surface area (TPSA) is 72.6 Å². The standard InChI is InChI=1S/C15H14FNO3/c16-12-3-1-2-10(8-12)9-20-13-6-4-11(5-7-13)14(17)15(18)19/h1-8,14H,9,17H2,(H,18,19)/t14-/m0/s1. The van der Waals surface area contributed by atoms with Crippen LogP contribution in [0.25, 0.3) is 0 Å². The minimum atomic E-state index is -1.08. The Kier molecular flexibility index (Phi) is 4.32. The molecule has 104 valence electrons. The normalized spacial score (nSPS) is 11.9. The van der Waals surface area contributed by atoms with Crippen LogP contribution in [0.4, 0.5) is 4.39 Å². The van der Waals surface area contributed by atoms with Gasteiger partial charge >= 0.3 is 5.97 Å². The van der Waals surface area contributed by atoms with Crippen LogP contribution in [-0.2, 0) is 11.4 Å². The Morgan fingerprint density at radius 2 is 1.95 bits per heavy atom. The van der Waals surface area contributed by atoms with Gasteiger partial charge in [0.25, 0.3) is 0 Å². The van der Waals surface area contributed by atoms with Crippen LogP contribution in [0.3, 0.4) is 0 Å². The predicted molar refractivity (Wildman–Crippen MR) is 71.7 cm³/mol. The highest BCUT2D eigenvalue weighted by Gasteiger charge is 2.13. The lowest BCUT2D eigenvalue weighted by Crippen LogP contribution is -2.20. The van der Waals surface area contributed by atoms with Crippen LogP contribution >= 0.6 is 0 Å².